The Balaban J connectivity index is 1.48. The van der Waals surface area contributed by atoms with Gasteiger partial charge in [0.05, 0.1) is 6.07 Å². The van der Waals surface area contributed by atoms with Gasteiger partial charge < -0.3 is 26.2 Å². The van der Waals surface area contributed by atoms with Crippen LogP contribution in [0.4, 0.5) is 9.18 Å². The Labute approximate surface area is 217 Å². The minimum absolute atomic E-state index is 0.0683. The van der Waals surface area contributed by atoms with Crippen LogP contribution in [0.5, 0.6) is 0 Å². The summed E-state index contributed by atoms with van der Waals surface area (Å²) in [5.74, 6) is -1.13. The standard InChI is InChI=1S/C26H39FN6O4/c1-24(2,3)19(31-23(37)29-9-8-27)22(36)33-13-16-17(25(16,4)5)18(33)21(35)30-15(12-28)10-14-11-26(6-7-26)32-20(14)34/h14-19H,6-11,13H2,1-5H3,(H,30,35)(H,32,34)(H2,29,31,37)/t14-,15+,16+,17+,18+,19-/m1/s1. The fourth-order valence-electron chi connectivity index (χ4n) is 6.31. The van der Waals surface area contributed by atoms with Crippen molar-refractivity contribution in [3.8, 4) is 6.07 Å². The van der Waals surface area contributed by atoms with Gasteiger partial charge >= 0.3 is 6.03 Å². The number of halogens is 1. The Bertz CT molecular complexity index is 1010. The van der Waals surface area contributed by atoms with E-state index in [0.29, 0.717) is 13.0 Å². The van der Waals surface area contributed by atoms with Gasteiger partial charge in [-0.3, -0.25) is 14.4 Å². The van der Waals surface area contributed by atoms with Crippen molar-refractivity contribution in [1.29, 1.82) is 5.26 Å². The minimum atomic E-state index is -0.938. The zero-order valence-corrected chi connectivity index (χ0v) is 22.3. The molecule has 6 atom stereocenters. The van der Waals surface area contributed by atoms with Gasteiger partial charge in [0.25, 0.3) is 0 Å². The Morgan fingerprint density at radius 1 is 1.24 bits per heavy atom. The first-order chi connectivity index (χ1) is 17.2. The third-order valence-electron chi connectivity index (χ3n) is 8.77. The molecule has 1 spiro atoms. The molecule has 0 radical (unpaired) electrons. The van der Waals surface area contributed by atoms with Gasteiger partial charge in [-0.2, -0.15) is 5.26 Å². The average Bonchev–Trinajstić information content (AvgIpc) is 3.53. The molecule has 5 amide bonds. The van der Waals surface area contributed by atoms with Crippen molar-refractivity contribution >= 4 is 23.8 Å². The molecule has 4 rings (SSSR count). The van der Waals surface area contributed by atoms with E-state index in [0.717, 1.165) is 12.8 Å². The van der Waals surface area contributed by atoms with Crippen LogP contribution in [0.15, 0.2) is 0 Å². The number of alkyl halides is 1. The second-order valence-electron chi connectivity index (χ2n) is 12.9. The highest BCUT2D eigenvalue weighted by molar-refractivity contribution is 5.94. The second kappa shape index (κ2) is 9.44. The number of nitrogens with one attached hydrogen (secondary N) is 4. The van der Waals surface area contributed by atoms with Gasteiger partial charge in [0, 0.05) is 24.5 Å². The number of rotatable bonds is 8. The van der Waals surface area contributed by atoms with Crippen molar-refractivity contribution in [2.24, 2.45) is 28.6 Å². The van der Waals surface area contributed by atoms with Crippen molar-refractivity contribution in [3.63, 3.8) is 0 Å². The summed E-state index contributed by atoms with van der Waals surface area (Å²) in [7, 11) is 0. The van der Waals surface area contributed by atoms with Gasteiger partial charge in [-0.1, -0.05) is 34.6 Å². The normalized spacial score (nSPS) is 30.0. The van der Waals surface area contributed by atoms with Crippen molar-refractivity contribution in [1.82, 2.24) is 26.2 Å². The van der Waals surface area contributed by atoms with Crippen LogP contribution >= 0.6 is 0 Å². The molecule has 0 aromatic carbocycles. The van der Waals surface area contributed by atoms with E-state index in [9.17, 15) is 28.8 Å². The lowest BCUT2D eigenvalue weighted by atomic mass is 9.85. The van der Waals surface area contributed by atoms with Crippen LogP contribution in [0.25, 0.3) is 0 Å². The van der Waals surface area contributed by atoms with E-state index in [-0.39, 0.29) is 53.5 Å². The number of urea groups is 1. The summed E-state index contributed by atoms with van der Waals surface area (Å²) in [6, 6.07) is -1.09. The van der Waals surface area contributed by atoms with E-state index in [1.807, 2.05) is 20.8 Å². The summed E-state index contributed by atoms with van der Waals surface area (Å²) in [5.41, 5.74) is -0.914. The molecular formula is C26H39FN6O4. The quantitative estimate of drug-likeness (QED) is 0.382. The van der Waals surface area contributed by atoms with Crippen molar-refractivity contribution in [3.05, 3.63) is 0 Å². The number of fused-ring (bicyclic) bond motifs is 1. The van der Waals surface area contributed by atoms with Crippen LogP contribution in [0.3, 0.4) is 0 Å². The molecule has 4 aliphatic rings. The number of likely N-dealkylation sites (tertiary alicyclic amines) is 1. The van der Waals surface area contributed by atoms with Crippen molar-refractivity contribution in [2.75, 3.05) is 19.8 Å². The summed E-state index contributed by atoms with van der Waals surface area (Å²) < 4.78 is 12.5. The lowest BCUT2D eigenvalue weighted by Gasteiger charge is -2.37. The molecule has 0 unspecified atom stereocenters. The van der Waals surface area contributed by atoms with E-state index in [1.165, 1.54) is 4.90 Å². The number of nitriles is 1. The van der Waals surface area contributed by atoms with Crippen LogP contribution in [0, 0.1) is 39.9 Å². The van der Waals surface area contributed by atoms with E-state index in [1.54, 1.807) is 0 Å². The molecule has 0 bridgehead atoms. The van der Waals surface area contributed by atoms with Crippen molar-refractivity contribution in [2.45, 2.75) is 84.0 Å². The maximum atomic E-state index is 13.8. The monoisotopic (exact) mass is 518 g/mol. The molecule has 37 heavy (non-hydrogen) atoms. The fraction of sp³-hybridized carbons (Fsp3) is 0.808. The lowest BCUT2D eigenvalue weighted by molar-refractivity contribution is -0.143. The number of hydrogen-bond acceptors (Lipinski definition) is 5. The first kappa shape index (κ1) is 27.1. The molecule has 2 heterocycles. The zero-order chi connectivity index (χ0) is 27.3. The van der Waals surface area contributed by atoms with Gasteiger partial charge in [-0.15, -0.1) is 0 Å². The van der Waals surface area contributed by atoms with Crippen LogP contribution < -0.4 is 21.3 Å². The molecule has 204 valence electrons. The van der Waals surface area contributed by atoms with Crippen molar-refractivity contribution < 1.29 is 23.6 Å². The molecule has 10 nitrogen and oxygen atoms in total. The summed E-state index contributed by atoms with van der Waals surface area (Å²) in [6.07, 6.45) is 2.81. The van der Waals surface area contributed by atoms with E-state index in [2.05, 4.69) is 41.2 Å². The third-order valence-corrected chi connectivity index (χ3v) is 8.77. The number of carbonyl (C=O) groups excluding carboxylic acids is 4. The fourth-order valence-corrected chi connectivity index (χ4v) is 6.31. The first-order valence-corrected chi connectivity index (χ1v) is 13.2. The summed E-state index contributed by atoms with van der Waals surface area (Å²) >= 11 is 0. The number of amides is 5. The molecule has 0 aromatic rings. The SMILES string of the molecule is CC(C)(C)[C@H](NC(=O)NCCF)C(=O)N1C[C@H]2[C@@H]([C@H]1C(=O)N[C@H](C#N)C[C@@H]1CC3(CC3)NC1=O)C2(C)C. The zero-order valence-electron chi connectivity index (χ0n) is 22.3. The highest BCUT2D eigenvalue weighted by Gasteiger charge is 2.70. The van der Waals surface area contributed by atoms with Crippen LogP contribution in [0.1, 0.15) is 60.3 Å². The number of hydrogen-bond donors (Lipinski definition) is 4. The average molecular weight is 519 g/mol. The van der Waals surface area contributed by atoms with Crippen LogP contribution in [0.2, 0.25) is 0 Å². The smallest absolute Gasteiger partial charge is 0.315 e. The Morgan fingerprint density at radius 3 is 2.46 bits per heavy atom. The molecule has 2 saturated heterocycles. The number of carbonyl (C=O) groups is 4. The summed E-state index contributed by atoms with van der Waals surface area (Å²) in [6.45, 7) is 9.04. The molecule has 2 aliphatic carbocycles. The predicted octanol–water partition coefficient (Wildman–Crippen LogP) is 1.22. The Kier molecular flexibility index (Phi) is 6.93. The number of piperidine rings is 1. The molecule has 0 aromatic heterocycles. The second-order valence-corrected chi connectivity index (χ2v) is 12.9. The van der Waals surface area contributed by atoms with Crippen LogP contribution in [-0.4, -0.2) is 72.1 Å². The molecule has 4 fully saturated rings. The third kappa shape index (κ3) is 5.25. The highest BCUT2D eigenvalue weighted by atomic mass is 19.1. The largest absolute Gasteiger partial charge is 0.350 e. The maximum Gasteiger partial charge on any atom is 0.315 e. The number of nitrogens with zero attached hydrogens (tertiary/aromatic N) is 2. The first-order valence-electron chi connectivity index (χ1n) is 13.2. The molecular weight excluding hydrogens is 479 g/mol. The van der Waals surface area contributed by atoms with Gasteiger partial charge in [-0.25, -0.2) is 9.18 Å². The Hall–Kier alpha value is -2.90. The lowest BCUT2D eigenvalue weighted by Crippen LogP contribution is -2.60. The summed E-state index contributed by atoms with van der Waals surface area (Å²) in [4.78, 5) is 53.5. The summed E-state index contributed by atoms with van der Waals surface area (Å²) in [5, 5.41) is 20.6. The molecule has 11 heteroatoms. The minimum Gasteiger partial charge on any atom is -0.350 e. The van der Waals surface area contributed by atoms with Gasteiger partial charge in [0.1, 0.15) is 24.8 Å². The molecule has 2 saturated carbocycles. The van der Waals surface area contributed by atoms with E-state index in [4.69, 9.17) is 0 Å². The molecule has 4 N–H and O–H groups in total. The maximum absolute atomic E-state index is 13.8. The Morgan fingerprint density at radius 2 is 1.92 bits per heavy atom. The molecule has 2 aliphatic heterocycles. The van der Waals surface area contributed by atoms with Gasteiger partial charge in [-0.05, 0) is 48.3 Å². The topological polar surface area (TPSA) is 143 Å². The predicted molar refractivity (Wildman–Crippen MR) is 132 cm³/mol. The van der Waals surface area contributed by atoms with Gasteiger partial charge in [0.15, 0.2) is 0 Å². The van der Waals surface area contributed by atoms with E-state index >= 15 is 0 Å². The van der Waals surface area contributed by atoms with Gasteiger partial charge in [0.2, 0.25) is 17.7 Å². The van der Waals surface area contributed by atoms with E-state index < -0.39 is 42.2 Å². The van der Waals surface area contributed by atoms with Crippen LogP contribution in [-0.2, 0) is 14.4 Å². The highest BCUT2D eigenvalue weighted by Crippen LogP contribution is 2.65.